The lowest BCUT2D eigenvalue weighted by molar-refractivity contribution is -0.153. The summed E-state index contributed by atoms with van der Waals surface area (Å²) in [5.74, 6) is -1.27. The van der Waals surface area contributed by atoms with Gasteiger partial charge in [-0.05, 0) is 38.8 Å². The average Bonchev–Trinajstić information content (AvgIpc) is 2.68. The van der Waals surface area contributed by atoms with Crippen LogP contribution >= 0.6 is 7.60 Å². The summed E-state index contributed by atoms with van der Waals surface area (Å²) in [7, 11) is -3.97. The van der Waals surface area contributed by atoms with Gasteiger partial charge in [-0.1, -0.05) is 44.9 Å². The van der Waals surface area contributed by atoms with Gasteiger partial charge in [-0.3, -0.25) is 13.6 Å². The predicted octanol–water partition coefficient (Wildman–Crippen LogP) is 4.00. The second-order valence-corrected chi connectivity index (χ2v) is 8.30. The van der Waals surface area contributed by atoms with Crippen LogP contribution in [0.25, 0.3) is 0 Å². The van der Waals surface area contributed by atoms with Crippen molar-refractivity contribution in [1.82, 2.24) is 0 Å². The molecule has 0 amide bonds. The van der Waals surface area contributed by atoms with Crippen molar-refractivity contribution in [1.29, 1.82) is 0 Å². The molecule has 0 N–H and O–H groups in total. The van der Waals surface area contributed by atoms with Crippen molar-refractivity contribution in [2.45, 2.75) is 65.6 Å². The minimum Gasteiger partial charge on any atom is -0.464 e. The van der Waals surface area contributed by atoms with Crippen molar-refractivity contribution in [2.24, 2.45) is 0 Å². The summed E-state index contributed by atoms with van der Waals surface area (Å²) in [5.41, 5.74) is 0. The largest absolute Gasteiger partial charge is 0.464 e. The van der Waals surface area contributed by atoms with Crippen molar-refractivity contribution in [3.63, 3.8) is 0 Å². The van der Waals surface area contributed by atoms with Gasteiger partial charge in [0.25, 0.3) is 0 Å². The number of hydrogen-bond acceptors (Lipinski definition) is 7. The van der Waals surface area contributed by atoms with Gasteiger partial charge >= 0.3 is 19.5 Å². The van der Waals surface area contributed by atoms with Gasteiger partial charge in [-0.2, -0.15) is 0 Å². The molecule has 28 heavy (non-hydrogen) atoms. The van der Waals surface area contributed by atoms with Crippen LogP contribution in [0.1, 0.15) is 53.4 Å². The van der Waals surface area contributed by atoms with Gasteiger partial charge in [0.1, 0.15) is 0 Å². The lowest BCUT2D eigenvalue weighted by Crippen LogP contribution is -2.29. The summed E-state index contributed by atoms with van der Waals surface area (Å²) in [6, 6.07) is 8.21. The van der Waals surface area contributed by atoms with E-state index in [4.69, 9.17) is 18.5 Å². The summed E-state index contributed by atoms with van der Waals surface area (Å²) >= 11 is 0. The molecule has 158 valence electrons. The Bertz CT molecular complexity index is 613. The molecule has 7 nitrogen and oxygen atoms in total. The van der Waals surface area contributed by atoms with E-state index >= 15 is 0 Å². The Morgan fingerprint density at radius 1 is 0.857 bits per heavy atom. The normalized spacial score (nSPS) is 15.3. The van der Waals surface area contributed by atoms with E-state index in [-0.39, 0.29) is 18.5 Å². The van der Waals surface area contributed by atoms with Crippen LogP contribution in [-0.2, 0) is 32.7 Å². The summed E-state index contributed by atoms with van der Waals surface area (Å²) in [4.78, 5) is 24.2. The van der Waals surface area contributed by atoms with E-state index in [0.29, 0.717) is 0 Å². The van der Waals surface area contributed by atoms with Crippen LogP contribution in [0.4, 0.5) is 0 Å². The molecule has 0 aliphatic rings. The smallest absolute Gasteiger partial charge is 0.362 e. The maximum atomic E-state index is 13.4. The minimum absolute atomic E-state index is 0.247. The van der Waals surface area contributed by atoms with E-state index < -0.39 is 31.7 Å². The highest BCUT2D eigenvalue weighted by molar-refractivity contribution is 7.62. The number of carbonyl (C=O) groups is 2. The maximum Gasteiger partial charge on any atom is 0.362 e. The molecule has 0 aliphatic heterocycles. The molecule has 0 fully saturated rings. The first-order valence-corrected chi connectivity index (χ1v) is 11.2. The van der Waals surface area contributed by atoms with Gasteiger partial charge in [-0.15, -0.1) is 0 Å². The Kier molecular flexibility index (Phi) is 11.0. The zero-order chi connectivity index (χ0) is 21.0. The van der Waals surface area contributed by atoms with Crippen LogP contribution in [0.3, 0.4) is 0 Å². The molecule has 0 heterocycles. The van der Waals surface area contributed by atoms with Crippen molar-refractivity contribution < 1.29 is 32.7 Å². The van der Waals surface area contributed by atoms with Gasteiger partial charge in [0.05, 0.1) is 18.5 Å². The van der Waals surface area contributed by atoms with E-state index in [2.05, 4.69) is 0 Å². The van der Waals surface area contributed by atoms with Crippen LogP contribution in [0.2, 0.25) is 0 Å². The molecule has 0 radical (unpaired) electrons. The number of benzene rings is 1. The maximum absolute atomic E-state index is 13.4. The Hall–Kier alpha value is -1.69. The van der Waals surface area contributed by atoms with Gasteiger partial charge in [0.15, 0.2) is 12.2 Å². The molecule has 2 atom stereocenters. The molecule has 0 spiro atoms. The third kappa shape index (κ3) is 8.13. The summed E-state index contributed by atoms with van der Waals surface area (Å²) in [6.07, 6.45) is 0.979. The fourth-order valence-electron chi connectivity index (χ4n) is 2.13. The Balaban J connectivity index is 2.88. The van der Waals surface area contributed by atoms with Crippen LogP contribution < -0.4 is 5.30 Å². The lowest BCUT2D eigenvalue weighted by Gasteiger charge is -2.24. The van der Waals surface area contributed by atoms with Crippen LogP contribution in [0, 0.1) is 0 Å². The van der Waals surface area contributed by atoms with Crippen LogP contribution in [-0.4, -0.2) is 37.4 Å². The number of carbonyl (C=O) groups excluding carboxylic acids is 2. The number of ether oxygens (including phenoxy) is 2. The molecule has 0 aliphatic carbocycles. The highest BCUT2D eigenvalue weighted by Gasteiger charge is 2.36. The highest BCUT2D eigenvalue weighted by Crippen LogP contribution is 2.49. The fourth-order valence-corrected chi connectivity index (χ4v) is 3.96. The van der Waals surface area contributed by atoms with Gasteiger partial charge < -0.3 is 9.47 Å². The Morgan fingerprint density at radius 2 is 1.29 bits per heavy atom. The van der Waals surface area contributed by atoms with E-state index in [9.17, 15) is 14.2 Å². The van der Waals surface area contributed by atoms with Gasteiger partial charge in [-0.25, -0.2) is 9.59 Å². The van der Waals surface area contributed by atoms with Crippen LogP contribution in [0.15, 0.2) is 30.3 Å². The van der Waals surface area contributed by atoms with Gasteiger partial charge in [0.2, 0.25) is 0 Å². The summed E-state index contributed by atoms with van der Waals surface area (Å²) in [6.45, 7) is 7.37. The first-order valence-electron chi connectivity index (χ1n) is 9.69. The molecule has 2 unspecified atom stereocenters. The first kappa shape index (κ1) is 24.3. The van der Waals surface area contributed by atoms with Crippen LogP contribution in [0.5, 0.6) is 0 Å². The molecule has 0 saturated heterocycles. The molecule has 1 aromatic carbocycles. The first-order chi connectivity index (χ1) is 13.3. The van der Waals surface area contributed by atoms with Crippen molar-refractivity contribution in [3.8, 4) is 0 Å². The third-order valence-electron chi connectivity index (χ3n) is 3.81. The van der Waals surface area contributed by atoms with Crippen molar-refractivity contribution in [2.75, 3.05) is 13.2 Å². The fraction of sp³-hybridized carbons (Fsp3) is 0.600. The number of esters is 2. The number of hydrogen-bond donors (Lipinski definition) is 0. The average molecular weight is 414 g/mol. The standard InChI is InChI=1S/C20H31O7P/c1-5-7-14-24-19(21)16(3)26-28(23,18-12-10-9-11-13-18)27-17(4)20(22)25-15-8-6-2/h9-13,16-17H,5-8,14-15H2,1-4H3. The molecule has 1 aromatic rings. The third-order valence-corrected chi connectivity index (χ3v) is 5.93. The van der Waals surface area contributed by atoms with Crippen molar-refractivity contribution in [3.05, 3.63) is 30.3 Å². The zero-order valence-corrected chi connectivity index (χ0v) is 18.0. The number of rotatable bonds is 13. The highest BCUT2D eigenvalue weighted by atomic mass is 31.2. The number of unbranched alkanes of at least 4 members (excludes halogenated alkanes) is 2. The topological polar surface area (TPSA) is 88.1 Å². The molecule has 8 heteroatoms. The molecule has 0 bridgehead atoms. The summed E-state index contributed by atoms with van der Waals surface area (Å²) < 4.78 is 34.7. The minimum atomic E-state index is -3.97. The van der Waals surface area contributed by atoms with E-state index in [1.807, 2.05) is 13.8 Å². The molecule has 0 saturated carbocycles. The molecular formula is C20H31O7P. The summed E-state index contributed by atoms with van der Waals surface area (Å²) in [5, 5.41) is 0.247. The molecular weight excluding hydrogens is 383 g/mol. The second kappa shape index (κ2) is 12.7. The predicted molar refractivity (Wildman–Crippen MR) is 107 cm³/mol. The van der Waals surface area contributed by atoms with E-state index in [0.717, 1.165) is 25.7 Å². The Morgan fingerprint density at radius 3 is 1.68 bits per heavy atom. The SMILES string of the molecule is CCCCOC(=O)C(C)OP(=O)(OC(C)C(=O)OCCCC)c1ccccc1. The van der Waals surface area contributed by atoms with Crippen molar-refractivity contribution >= 4 is 24.8 Å². The lowest BCUT2D eigenvalue weighted by atomic mass is 10.3. The second-order valence-electron chi connectivity index (χ2n) is 6.37. The van der Waals surface area contributed by atoms with Gasteiger partial charge in [0, 0.05) is 0 Å². The molecule has 1 rings (SSSR count). The zero-order valence-electron chi connectivity index (χ0n) is 17.1. The Labute approximate surface area is 167 Å². The molecule has 0 aromatic heterocycles. The van der Waals surface area contributed by atoms with E-state index in [1.165, 1.54) is 13.8 Å². The van der Waals surface area contributed by atoms with E-state index in [1.54, 1.807) is 30.3 Å². The quantitative estimate of drug-likeness (QED) is 0.274. The monoisotopic (exact) mass is 414 g/mol.